The van der Waals surface area contributed by atoms with Gasteiger partial charge in [-0.2, -0.15) is 0 Å². The lowest BCUT2D eigenvalue weighted by Gasteiger charge is -2.09. The van der Waals surface area contributed by atoms with Crippen molar-refractivity contribution < 1.29 is 19.1 Å². The number of aromatic nitrogens is 1. The topological polar surface area (TPSA) is 89.6 Å². The number of methoxy groups -OCH3 is 1. The summed E-state index contributed by atoms with van der Waals surface area (Å²) in [6.07, 6.45) is 2.99. The van der Waals surface area contributed by atoms with E-state index in [4.69, 9.17) is 9.47 Å². The van der Waals surface area contributed by atoms with Crippen LogP contribution in [0.15, 0.2) is 55.3 Å². The number of ether oxygens (including phenoxy) is 2. The minimum atomic E-state index is -0.359. The molecule has 0 spiro atoms. The largest absolute Gasteiger partial charge is 0.497 e. The monoisotopic (exact) mass is 355 g/mol. The van der Waals surface area contributed by atoms with E-state index in [-0.39, 0.29) is 17.5 Å². The van der Waals surface area contributed by atoms with E-state index in [2.05, 4.69) is 22.2 Å². The average molecular weight is 355 g/mol. The highest BCUT2D eigenvalue weighted by Gasteiger charge is 2.11. The van der Waals surface area contributed by atoms with Crippen LogP contribution in [0, 0.1) is 0 Å². The molecule has 7 heteroatoms. The number of hydrogen-bond acceptors (Lipinski definition) is 5. The summed E-state index contributed by atoms with van der Waals surface area (Å²) in [5.74, 6) is 0.771. The summed E-state index contributed by atoms with van der Waals surface area (Å²) in [4.78, 5) is 28.0. The fourth-order valence-corrected chi connectivity index (χ4v) is 2.06. The molecule has 1 aromatic heterocycles. The number of carbonyl (C=O) groups is 2. The lowest BCUT2D eigenvalue weighted by Crippen LogP contribution is -2.29. The van der Waals surface area contributed by atoms with Crippen LogP contribution < -0.4 is 20.1 Å². The van der Waals surface area contributed by atoms with Crippen LogP contribution in [-0.2, 0) is 0 Å². The first-order valence-corrected chi connectivity index (χ1v) is 8.04. The van der Waals surface area contributed by atoms with Gasteiger partial charge in [-0.1, -0.05) is 6.08 Å². The first kappa shape index (κ1) is 19.0. The third-order valence-electron chi connectivity index (χ3n) is 3.38. The standard InChI is InChI=1S/C19H21N3O4/c1-3-9-21-19(24)17-13-14(8-10-20-17)18(23)22-11-12-26-16-6-4-15(25-2)5-7-16/h3-8,10,13H,1,9,11-12H2,2H3,(H,21,24)(H,22,23). The zero-order chi connectivity index (χ0) is 18.8. The molecule has 1 aromatic carbocycles. The van der Waals surface area contributed by atoms with E-state index >= 15 is 0 Å². The molecule has 0 unspecified atom stereocenters. The molecular formula is C19H21N3O4. The number of amides is 2. The van der Waals surface area contributed by atoms with Crippen molar-refractivity contribution in [2.75, 3.05) is 26.8 Å². The van der Waals surface area contributed by atoms with Gasteiger partial charge in [-0.05, 0) is 36.4 Å². The summed E-state index contributed by atoms with van der Waals surface area (Å²) in [5, 5.41) is 5.35. The maximum absolute atomic E-state index is 12.2. The Balaban J connectivity index is 1.81. The summed E-state index contributed by atoms with van der Waals surface area (Å²) in [6, 6.07) is 10.2. The molecule has 2 amide bonds. The SMILES string of the molecule is C=CCNC(=O)c1cc(C(=O)NCCOc2ccc(OC)cc2)ccn1. The molecule has 0 aliphatic rings. The van der Waals surface area contributed by atoms with Gasteiger partial charge in [0.15, 0.2) is 0 Å². The smallest absolute Gasteiger partial charge is 0.270 e. The maximum Gasteiger partial charge on any atom is 0.270 e. The Bertz CT molecular complexity index is 760. The van der Waals surface area contributed by atoms with Crippen molar-refractivity contribution in [1.82, 2.24) is 15.6 Å². The molecule has 2 aromatic rings. The first-order chi connectivity index (χ1) is 12.6. The van der Waals surface area contributed by atoms with Crippen molar-refractivity contribution in [2.45, 2.75) is 0 Å². The second-order valence-electron chi connectivity index (χ2n) is 5.21. The van der Waals surface area contributed by atoms with Crippen LogP contribution in [0.4, 0.5) is 0 Å². The van der Waals surface area contributed by atoms with Gasteiger partial charge in [-0.15, -0.1) is 6.58 Å². The van der Waals surface area contributed by atoms with E-state index < -0.39 is 0 Å². The molecule has 0 fully saturated rings. The zero-order valence-corrected chi connectivity index (χ0v) is 14.5. The third kappa shape index (κ3) is 5.62. The molecule has 0 atom stereocenters. The molecule has 2 rings (SSSR count). The van der Waals surface area contributed by atoms with Crippen LogP contribution in [-0.4, -0.2) is 43.6 Å². The number of pyridine rings is 1. The minimum Gasteiger partial charge on any atom is -0.497 e. The van der Waals surface area contributed by atoms with E-state index in [1.165, 1.54) is 12.3 Å². The van der Waals surface area contributed by atoms with Crippen molar-refractivity contribution in [3.05, 3.63) is 66.5 Å². The molecule has 0 aliphatic heterocycles. The third-order valence-corrected chi connectivity index (χ3v) is 3.38. The molecule has 1 heterocycles. The summed E-state index contributed by atoms with van der Waals surface area (Å²) < 4.78 is 10.6. The van der Waals surface area contributed by atoms with E-state index in [0.717, 1.165) is 5.75 Å². The Morgan fingerprint density at radius 2 is 1.85 bits per heavy atom. The highest BCUT2D eigenvalue weighted by molar-refractivity contribution is 5.98. The molecule has 0 saturated carbocycles. The van der Waals surface area contributed by atoms with E-state index in [0.29, 0.717) is 31.0 Å². The Labute approximate surface area is 152 Å². The summed E-state index contributed by atoms with van der Waals surface area (Å²) in [6.45, 7) is 4.50. The number of nitrogens with zero attached hydrogens (tertiary/aromatic N) is 1. The van der Waals surface area contributed by atoms with Gasteiger partial charge in [0, 0.05) is 18.3 Å². The Hall–Kier alpha value is -3.35. The van der Waals surface area contributed by atoms with Gasteiger partial charge >= 0.3 is 0 Å². The average Bonchev–Trinajstić information content (AvgIpc) is 2.69. The number of benzene rings is 1. The number of nitrogens with one attached hydrogen (secondary N) is 2. The molecule has 0 aliphatic carbocycles. The first-order valence-electron chi connectivity index (χ1n) is 8.04. The fraction of sp³-hybridized carbons (Fsp3) is 0.211. The Morgan fingerprint density at radius 3 is 2.54 bits per heavy atom. The maximum atomic E-state index is 12.2. The second kappa shape index (κ2) is 9.83. The predicted octanol–water partition coefficient (Wildman–Crippen LogP) is 1.81. The molecule has 2 N–H and O–H groups in total. The number of rotatable bonds is 9. The van der Waals surface area contributed by atoms with E-state index in [1.54, 1.807) is 43.5 Å². The molecule has 0 radical (unpaired) electrons. The van der Waals surface area contributed by atoms with Crippen LogP contribution in [0.3, 0.4) is 0 Å². The number of carbonyl (C=O) groups excluding carboxylic acids is 2. The highest BCUT2D eigenvalue weighted by atomic mass is 16.5. The Kier molecular flexibility index (Phi) is 7.17. The van der Waals surface area contributed by atoms with E-state index in [9.17, 15) is 9.59 Å². The highest BCUT2D eigenvalue weighted by Crippen LogP contribution is 2.16. The quantitative estimate of drug-likeness (QED) is 0.529. The van der Waals surface area contributed by atoms with Gasteiger partial charge in [0.25, 0.3) is 11.8 Å². The molecular weight excluding hydrogens is 334 g/mol. The van der Waals surface area contributed by atoms with E-state index in [1.807, 2.05) is 0 Å². The van der Waals surface area contributed by atoms with Crippen molar-refractivity contribution >= 4 is 11.8 Å². The summed E-state index contributed by atoms with van der Waals surface area (Å²) >= 11 is 0. The molecule has 0 saturated heterocycles. The van der Waals surface area contributed by atoms with Gasteiger partial charge in [0.2, 0.25) is 0 Å². The van der Waals surface area contributed by atoms with Crippen LogP contribution in [0.5, 0.6) is 11.5 Å². The second-order valence-corrected chi connectivity index (χ2v) is 5.21. The van der Waals surface area contributed by atoms with Gasteiger partial charge in [0.05, 0.1) is 13.7 Å². The van der Waals surface area contributed by atoms with Gasteiger partial charge < -0.3 is 20.1 Å². The van der Waals surface area contributed by atoms with Crippen LogP contribution in [0.2, 0.25) is 0 Å². The van der Waals surface area contributed by atoms with Crippen molar-refractivity contribution in [3.8, 4) is 11.5 Å². The fourth-order valence-electron chi connectivity index (χ4n) is 2.06. The zero-order valence-electron chi connectivity index (χ0n) is 14.5. The van der Waals surface area contributed by atoms with Crippen LogP contribution in [0.1, 0.15) is 20.8 Å². The summed E-state index contributed by atoms with van der Waals surface area (Å²) in [7, 11) is 1.60. The minimum absolute atomic E-state index is 0.175. The normalized spacial score (nSPS) is 9.88. The van der Waals surface area contributed by atoms with Gasteiger partial charge in [-0.3, -0.25) is 14.6 Å². The lowest BCUT2D eigenvalue weighted by atomic mass is 10.2. The van der Waals surface area contributed by atoms with Gasteiger partial charge in [0.1, 0.15) is 23.8 Å². The van der Waals surface area contributed by atoms with Crippen LogP contribution >= 0.6 is 0 Å². The molecule has 26 heavy (non-hydrogen) atoms. The molecule has 7 nitrogen and oxygen atoms in total. The van der Waals surface area contributed by atoms with Crippen molar-refractivity contribution in [1.29, 1.82) is 0 Å². The summed E-state index contributed by atoms with van der Waals surface area (Å²) in [5.41, 5.74) is 0.530. The molecule has 136 valence electrons. The predicted molar refractivity (Wildman–Crippen MR) is 97.6 cm³/mol. The Morgan fingerprint density at radius 1 is 1.12 bits per heavy atom. The van der Waals surface area contributed by atoms with Crippen molar-refractivity contribution in [2.24, 2.45) is 0 Å². The van der Waals surface area contributed by atoms with Gasteiger partial charge in [-0.25, -0.2) is 0 Å². The number of hydrogen-bond donors (Lipinski definition) is 2. The molecule has 0 bridgehead atoms. The lowest BCUT2D eigenvalue weighted by molar-refractivity contribution is 0.0947. The van der Waals surface area contributed by atoms with Crippen LogP contribution in [0.25, 0.3) is 0 Å². The van der Waals surface area contributed by atoms with Crippen molar-refractivity contribution in [3.63, 3.8) is 0 Å².